The second-order valence-corrected chi connectivity index (χ2v) is 3.10. The van der Waals surface area contributed by atoms with Gasteiger partial charge in [0.1, 0.15) is 5.83 Å². The first kappa shape index (κ1) is 9.90. The van der Waals surface area contributed by atoms with Gasteiger partial charge in [0.25, 0.3) is 0 Å². The molecule has 1 rings (SSSR count). The molecule has 70 valence electrons. The highest BCUT2D eigenvalue weighted by Crippen LogP contribution is 2.22. The smallest absolute Gasteiger partial charge is 0.127 e. The van der Waals surface area contributed by atoms with Gasteiger partial charge >= 0.3 is 0 Å². The first-order valence-corrected chi connectivity index (χ1v) is 4.38. The average Bonchev–Trinajstić information content (AvgIpc) is 2.27. The van der Waals surface area contributed by atoms with E-state index in [1.54, 1.807) is 13.1 Å². The van der Waals surface area contributed by atoms with Crippen molar-refractivity contribution in [3.63, 3.8) is 0 Å². The standard InChI is InChI=1S/C11H14FN/c1-4-10(12)11-8(2)6-5-7-13-9(11)3/h4-5,7H,6H2,1-3H3/b10-4+. The van der Waals surface area contributed by atoms with E-state index in [0.29, 0.717) is 5.57 Å². The Hall–Kier alpha value is -1.18. The van der Waals surface area contributed by atoms with Gasteiger partial charge in [-0.2, -0.15) is 0 Å². The minimum absolute atomic E-state index is 0.178. The molecule has 0 amide bonds. The molecule has 0 bridgehead atoms. The molecule has 1 aliphatic rings. The minimum atomic E-state index is -0.178. The Morgan fingerprint density at radius 2 is 2.23 bits per heavy atom. The van der Waals surface area contributed by atoms with E-state index in [2.05, 4.69) is 4.99 Å². The molecule has 0 aromatic carbocycles. The third kappa shape index (κ3) is 2.14. The van der Waals surface area contributed by atoms with Gasteiger partial charge < -0.3 is 0 Å². The monoisotopic (exact) mass is 179 g/mol. The van der Waals surface area contributed by atoms with Crippen molar-refractivity contribution < 1.29 is 4.39 Å². The number of rotatable bonds is 1. The first-order valence-electron chi connectivity index (χ1n) is 4.38. The molecule has 0 saturated carbocycles. The van der Waals surface area contributed by atoms with Crippen LogP contribution in [-0.2, 0) is 0 Å². The van der Waals surface area contributed by atoms with Gasteiger partial charge in [-0.25, -0.2) is 4.39 Å². The molecule has 0 radical (unpaired) electrons. The van der Waals surface area contributed by atoms with Gasteiger partial charge in [0.05, 0.1) is 0 Å². The van der Waals surface area contributed by atoms with E-state index in [1.165, 1.54) is 6.08 Å². The van der Waals surface area contributed by atoms with E-state index in [0.717, 1.165) is 17.7 Å². The average molecular weight is 179 g/mol. The lowest BCUT2D eigenvalue weighted by Gasteiger charge is -2.06. The highest BCUT2D eigenvalue weighted by molar-refractivity contribution is 6.02. The second-order valence-electron chi connectivity index (χ2n) is 3.10. The summed E-state index contributed by atoms with van der Waals surface area (Å²) in [5.41, 5.74) is 2.44. The van der Waals surface area contributed by atoms with Crippen molar-refractivity contribution in [2.45, 2.75) is 27.2 Å². The maximum atomic E-state index is 13.4. The fourth-order valence-corrected chi connectivity index (χ4v) is 1.39. The van der Waals surface area contributed by atoms with Crippen LogP contribution in [0, 0.1) is 0 Å². The van der Waals surface area contributed by atoms with Crippen LogP contribution in [0.4, 0.5) is 4.39 Å². The first-order chi connectivity index (χ1) is 6.16. The summed E-state index contributed by atoms with van der Waals surface area (Å²) >= 11 is 0. The Balaban J connectivity index is 3.17. The second kappa shape index (κ2) is 4.17. The summed E-state index contributed by atoms with van der Waals surface area (Å²) in [7, 11) is 0. The molecule has 13 heavy (non-hydrogen) atoms. The van der Waals surface area contributed by atoms with Gasteiger partial charge in [-0.1, -0.05) is 17.7 Å². The van der Waals surface area contributed by atoms with Gasteiger partial charge in [-0.05, 0) is 27.2 Å². The van der Waals surface area contributed by atoms with Crippen LogP contribution in [0.25, 0.3) is 0 Å². The molecule has 1 heterocycles. The zero-order valence-electron chi connectivity index (χ0n) is 8.26. The number of halogens is 1. The molecular formula is C11H14FN. The van der Waals surface area contributed by atoms with Crippen molar-refractivity contribution in [1.29, 1.82) is 0 Å². The molecular weight excluding hydrogens is 165 g/mol. The molecule has 1 nitrogen and oxygen atoms in total. The Bertz CT molecular complexity index is 319. The SMILES string of the molecule is C/C=C(/F)C1=C(C)CC=CN=C1C. The van der Waals surface area contributed by atoms with Crippen LogP contribution in [0.3, 0.4) is 0 Å². The van der Waals surface area contributed by atoms with Crippen LogP contribution in [-0.4, -0.2) is 5.71 Å². The zero-order valence-corrected chi connectivity index (χ0v) is 8.26. The summed E-state index contributed by atoms with van der Waals surface area (Å²) in [6, 6.07) is 0. The van der Waals surface area contributed by atoms with Gasteiger partial charge in [-0.15, -0.1) is 0 Å². The molecule has 0 fully saturated rings. The number of hydrogen-bond acceptors (Lipinski definition) is 1. The quantitative estimate of drug-likeness (QED) is 0.583. The van der Waals surface area contributed by atoms with Crippen LogP contribution in [0.15, 0.2) is 40.3 Å². The van der Waals surface area contributed by atoms with E-state index in [-0.39, 0.29) is 5.83 Å². The van der Waals surface area contributed by atoms with Gasteiger partial charge in [0.2, 0.25) is 0 Å². The minimum Gasteiger partial charge on any atom is -0.261 e. The van der Waals surface area contributed by atoms with Crippen LogP contribution >= 0.6 is 0 Å². The van der Waals surface area contributed by atoms with E-state index in [1.807, 2.05) is 19.9 Å². The third-order valence-electron chi connectivity index (χ3n) is 2.08. The van der Waals surface area contributed by atoms with E-state index in [4.69, 9.17) is 0 Å². The molecule has 0 atom stereocenters. The maximum Gasteiger partial charge on any atom is 0.127 e. The lowest BCUT2D eigenvalue weighted by molar-refractivity contribution is 0.655. The largest absolute Gasteiger partial charge is 0.261 e. The summed E-state index contributed by atoms with van der Waals surface area (Å²) in [4.78, 5) is 4.12. The van der Waals surface area contributed by atoms with Crippen molar-refractivity contribution >= 4 is 5.71 Å². The lowest BCUT2D eigenvalue weighted by Crippen LogP contribution is -2.00. The van der Waals surface area contributed by atoms with Crippen LogP contribution in [0.1, 0.15) is 27.2 Å². The molecule has 1 aliphatic heterocycles. The Labute approximate surface area is 78.4 Å². The fourth-order valence-electron chi connectivity index (χ4n) is 1.39. The van der Waals surface area contributed by atoms with Crippen molar-refractivity contribution in [3.8, 4) is 0 Å². The van der Waals surface area contributed by atoms with Crippen LogP contribution < -0.4 is 0 Å². The van der Waals surface area contributed by atoms with Gasteiger partial charge in [0, 0.05) is 17.5 Å². The van der Waals surface area contributed by atoms with E-state index in [9.17, 15) is 4.39 Å². The summed E-state index contributed by atoms with van der Waals surface area (Å²) in [6.07, 6.45) is 5.92. The fraction of sp³-hybridized carbons (Fsp3) is 0.364. The molecule has 0 saturated heterocycles. The molecule has 0 aliphatic carbocycles. The van der Waals surface area contributed by atoms with Crippen molar-refractivity contribution in [2.24, 2.45) is 4.99 Å². The predicted octanol–water partition coefficient (Wildman–Crippen LogP) is 3.55. The Kier molecular flexibility index (Phi) is 3.18. The predicted molar refractivity (Wildman–Crippen MR) is 54.4 cm³/mol. The lowest BCUT2D eigenvalue weighted by atomic mass is 10.0. The summed E-state index contributed by atoms with van der Waals surface area (Å²) < 4.78 is 13.4. The number of aliphatic imine (C=N–C) groups is 1. The van der Waals surface area contributed by atoms with Gasteiger partial charge in [0.15, 0.2) is 0 Å². The van der Waals surface area contributed by atoms with Crippen LogP contribution in [0.5, 0.6) is 0 Å². The number of nitrogens with zero attached hydrogens (tertiary/aromatic N) is 1. The molecule has 0 aromatic rings. The topological polar surface area (TPSA) is 12.4 Å². The Morgan fingerprint density at radius 3 is 2.85 bits per heavy atom. The van der Waals surface area contributed by atoms with Crippen LogP contribution in [0.2, 0.25) is 0 Å². The van der Waals surface area contributed by atoms with Crippen molar-refractivity contribution in [3.05, 3.63) is 35.3 Å². The van der Waals surface area contributed by atoms with Crippen molar-refractivity contribution in [2.75, 3.05) is 0 Å². The molecule has 2 heteroatoms. The molecule has 0 spiro atoms. The Morgan fingerprint density at radius 1 is 1.54 bits per heavy atom. The number of hydrogen-bond donors (Lipinski definition) is 0. The molecule has 0 aromatic heterocycles. The summed E-state index contributed by atoms with van der Waals surface area (Å²) in [5.74, 6) is -0.178. The summed E-state index contributed by atoms with van der Waals surface area (Å²) in [5, 5.41) is 0. The van der Waals surface area contributed by atoms with Gasteiger partial charge in [-0.3, -0.25) is 4.99 Å². The molecule has 0 N–H and O–H groups in total. The van der Waals surface area contributed by atoms with Crippen molar-refractivity contribution in [1.82, 2.24) is 0 Å². The zero-order chi connectivity index (χ0) is 9.84. The number of allylic oxidation sites excluding steroid dienone is 5. The highest BCUT2D eigenvalue weighted by Gasteiger charge is 2.11. The molecule has 0 unspecified atom stereocenters. The highest BCUT2D eigenvalue weighted by atomic mass is 19.1. The normalized spacial score (nSPS) is 18.8. The summed E-state index contributed by atoms with van der Waals surface area (Å²) in [6.45, 7) is 5.46. The van der Waals surface area contributed by atoms with E-state index >= 15 is 0 Å². The van der Waals surface area contributed by atoms with E-state index < -0.39 is 0 Å². The maximum absolute atomic E-state index is 13.4. The third-order valence-corrected chi connectivity index (χ3v) is 2.08.